The van der Waals surface area contributed by atoms with Gasteiger partial charge in [0.15, 0.2) is 0 Å². The summed E-state index contributed by atoms with van der Waals surface area (Å²) in [5.41, 5.74) is 1.86. The number of ether oxygens (including phenoxy) is 3. The molecule has 0 amide bonds. The molecule has 3 aliphatic rings. The van der Waals surface area contributed by atoms with E-state index in [1.807, 2.05) is 37.3 Å². The van der Waals surface area contributed by atoms with Crippen molar-refractivity contribution in [1.29, 1.82) is 0 Å². The zero-order chi connectivity index (χ0) is 21.5. The van der Waals surface area contributed by atoms with E-state index in [4.69, 9.17) is 14.2 Å². The summed E-state index contributed by atoms with van der Waals surface area (Å²) in [7, 11) is 1.60. The Kier molecular flexibility index (Phi) is 5.45. The lowest BCUT2D eigenvalue weighted by Crippen LogP contribution is -2.53. The number of rotatable bonds is 5. The maximum atomic E-state index is 12.4. The number of fused-ring (bicyclic) bond motifs is 3. The minimum atomic E-state index is -0.519. The van der Waals surface area contributed by atoms with Gasteiger partial charge >= 0.3 is 11.9 Å². The number of aliphatic hydroxyl groups excluding tert-OH is 1. The topological polar surface area (TPSA) is 82.1 Å². The second-order valence-electron chi connectivity index (χ2n) is 8.74. The zero-order valence-corrected chi connectivity index (χ0v) is 17.4. The number of hydrogen-bond donors (Lipinski definition) is 1. The van der Waals surface area contributed by atoms with E-state index in [1.54, 1.807) is 7.11 Å². The van der Waals surface area contributed by atoms with E-state index < -0.39 is 11.5 Å². The van der Waals surface area contributed by atoms with Gasteiger partial charge in [0, 0.05) is 22.8 Å². The summed E-state index contributed by atoms with van der Waals surface area (Å²) in [6.45, 7) is 6.08. The Labute approximate surface area is 176 Å². The van der Waals surface area contributed by atoms with Gasteiger partial charge in [0.2, 0.25) is 0 Å². The Morgan fingerprint density at radius 1 is 1.33 bits per heavy atom. The van der Waals surface area contributed by atoms with Crippen molar-refractivity contribution in [2.24, 2.45) is 17.3 Å². The fraction of sp³-hybridized carbons (Fsp3) is 0.500. The van der Waals surface area contributed by atoms with Crippen molar-refractivity contribution >= 4 is 11.9 Å². The van der Waals surface area contributed by atoms with Crippen molar-refractivity contribution in [3.05, 3.63) is 53.6 Å². The zero-order valence-electron chi connectivity index (χ0n) is 17.4. The molecule has 1 saturated carbocycles. The average Bonchev–Trinajstić information content (AvgIpc) is 3.02. The third kappa shape index (κ3) is 3.54. The van der Waals surface area contributed by atoms with Crippen LogP contribution < -0.4 is 4.74 Å². The van der Waals surface area contributed by atoms with Gasteiger partial charge in [0.25, 0.3) is 0 Å². The predicted molar refractivity (Wildman–Crippen MR) is 110 cm³/mol. The summed E-state index contributed by atoms with van der Waals surface area (Å²) >= 11 is 0. The van der Waals surface area contributed by atoms with Gasteiger partial charge in [-0.25, -0.2) is 4.79 Å². The molecule has 0 bridgehead atoms. The van der Waals surface area contributed by atoms with Crippen LogP contribution in [0.5, 0.6) is 5.75 Å². The fourth-order valence-corrected chi connectivity index (χ4v) is 5.21. The molecule has 4 rings (SSSR count). The summed E-state index contributed by atoms with van der Waals surface area (Å²) < 4.78 is 16.4. The number of methoxy groups -OCH3 is 1. The Morgan fingerprint density at radius 3 is 2.77 bits per heavy atom. The number of carbonyl (C=O) groups excluding carboxylic acids is 2. The van der Waals surface area contributed by atoms with Crippen molar-refractivity contribution in [3.63, 3.8) is 0 Å². The van der Waals surface area contributed by atoms with E-state index in [-0.39, 0.29) is 42.9 Å². The van der Waals surface area contributed by atoms with Crippen molar-refractivity contribution < 1.29 is 28.9 Å². The van der Waals surface area contributed by atoms with Gasteiger partial charge in [-0.3, -0.25) is 4.79 Å². The average molecular weight is 412 g/mol. The smallest absolute Gasteiger partial charge is 0.334 e. The van der Waals surface area contributed by atoms with Gasteiger partial charge < -0.3 is 19.3 Å². The van der Waals surface area contributed by atoms with Gasteiger partial charge in [-0.1, -0.05) is 31.7 Å². The molecule has 6 nitrogen and oxygen atoms in total. The normalized spacial score (nSPS) is 32.6. The lowest BCUT2D eigenvalue weighted by molar-refractivity contribution is -0.152. The van der Waals surface area contributed by atoms with Crippen LogP contribution in [-0.4, -0.2) is 43.0 Å². The largest absolute Gasteiger partial charge is 0.497 e. The minimum absolute atomic E-state index is 0.0423. The van der Waals surface area contributed by atoms with Gasteiger partial charge in [0.1, 0.15) is 18.5 Å². The highest BCUT2D eigenvalue weighted by atomic mass is 16.6. The molecule has 0 spiro atoms. The Hall–Kier alpha value is -2.60. The van der Waals surface area contributed by atoms with Crippen LogP contribution >= 0.6 is 0 Å². The number of esters is 2. The summed E-state index contributed by atoms with van der Waals surface area (Å²) in [5, 5.41) is 10.7. The fourth-order valence-electron chi connectivity index (χ4n) is 5.21. The van der Waals surface area contributed by atoms with Crippen molar-refractivity contribution in [2.75, 3.05) is 13.7 Å². The molecule has 160 valence electrons. The van der Waals surface area contributed by atoms with E-state index in [9.17, 15) is 14.7 Å². The monoisotopic (exact) mass is 412 g/mol. The lowest BCUT2D eigenvalue weighted by Gasteiger charge is -2.51. The quantitative estimate of drug-likeness (QED) is 0.455. The van der Waals surface area contributed by atoms with Gasteiger partial charge in [-0.15, -0.1) is 0 Å². The molecule has 5 atom stereocenters. The van der Waals surface area contributed by atoms with Crippen LogP contribution in [-0.2, 0) is 25.5 Å². The van der Waals surface area contributed by atoms with E-state index in [0.717, 1.165) is 29.7 Å². The van der Waals surface area contributed by atoms with Gasteiger partial charge in [-0.2, -0.15) is 0 Å². The van der Waals surface area contributed by atoms with Crippen LogP contribution in [0.2, 0.25) is 0 Å². The minimum Gasteiger partial charge on any atom is -0.497 e. The Morgan fingerprint density at radius 2 is 2.07 bits per heavy atom. The molecular weight excluding hydrogens is 384 g/mol. The van der Waals surface area contributed by atoms with E-state index >= 15 is 0 Å². The molecule has 6 heteroatoms. The van der Waals surface area contributed by atoms with Crippen LogP contribution in [0.15, 0.2) is 48.1 Å². The van der Waals surface area contributed by atoms with E-state index in [1.165, 1.54) is 0 Å². The summed E-state index contributed by atoms with van der Waals surface area (Å²) in [6, 6.07) is 7.29. The maximum Gasteiger partial charge on any atom is 0.334 e. The number of benzene rings is 1. The van der Waals surface area contributed by atoms with E-state index in [2.05, 4.69) is 6.58 Å². The molecule has 0 unspecified atom stereocenters. The SMILES string of the molecule is C=C1C(=O)O[C@@H]2[C@H]3C(COC(=O)Cc4ccc(OC)cc4)=CC[C@@H](O)[C@]3(C)CC[C@@H]12. The lowest BCUT2D eigenvalue weighted by atomic mass is 9.55. The predicted octanol–water partition coefficient (Wildman–Crippen LogP) is 2.99. The number of hydrogen-bond acceptors (Lipinski definition) is 6. The third-order valence-electron chi connectivity index (χ3n) is 7.05. The molecule has 1 aromatic carbocycles. The summed E-state index contributed by atoms with van der Waals surface area (Å²) in [4.78, 5) is 24.5. The molecule has 1 aromatic rings. The van der Waals surface area contributed by atoms with Crippen LogP contribution in [0.3, 0.4) is 0 Å². The highest BCUT2D eigenvalue weighted by Crippen LogP contribution is 2.56. The van der Waals surface area contributed by atoms with E-state index in [0.29, 0.717) is 12.0 Å². The van der Waals surface area contributed by atoms with Gasteiger partial charge in [0.05, 0.1) is 19.6 Å². The van der Waals surface area contributed by atoms with Gasteiger partial charge in [-0.05, 0) is 42.5 Å². The first-order valence-electron chi connectivity index (χ1n) is 10.4. The molecule has 1 saturated heterocycles. The Bertz CT molecular complexity index is 885. The Balaban J connectivity index is 1.46. The molecule has 1 heterocycles. The summed E-state index contributed by atoms with van der Waals surface area (Å²) in [5.74, 6) is -0.174. The molecular formula is C24H28O6. The molecule has 2 fully saturated rings. The second-order valence-corrected chi connectivity index (χ2v) is 8.74. The first kappa shape index (κ1) is 20.7. The number of aliphatic hydroxyl groups is 1. The number of carbonyl (C=O) groups is 2. The maximum absolute atomic E-state index is 12.4. The highest BCUT2D eigenvalue weighted by Gasteiger charge is 2.58. The third-order valence-corrected chi connectivity index (χ3v) is 7.05. The van der Waals surface area contributed by atoms with Crippen LogP contribution in [0, 0.1) is 17.3 Å². The molecule has 0 radical (unpaired) electrons. The van der Waals surface area contributed by atoms with Crippen molar-refractivity contribution in [1.82, 2.24) is 0 Å². The van der Waals surface area contributed by atoms with Crippen molar-refractivity contribution in [3.8, 4) is 5.75 Å². The van der Waals surface area contributed by atoms with Crippen LogP contribution in [0.4, 0.5) is 0 Å². The highest BCUT2D eigenvalue weighted by molar-refractivity contribution is 5.91. The van der Waals surface area contributed by atoms with Crippen LogP contribution in [0.25, 0.3) is 0 Å². The molecule has 2 aliphatic carbocycles. The standard InChI is InChI=1S/C24H28O6/c1-14-18-10-11-24(2)19(25)9-6-16(21(24)22(18)30-23(14)27)13-29-20(26)12-15-4-7-17(28-3)8-5-15/h4-8,18-19,21-22,25H,1,9-13H2,2-3H3/t18-,19+,21+,22-,24-/m0/s1. The van der Waals surface area contributed by atoms with Crippen molar-refractivity contribution in [2.45, 2.75) is 44.8 Å². The molecule has 30 heavy (non-hydrogen) atoms. The molecule has 0 aromatic heterocycles. The molecule has 1 aliphatic heterocycles. The second kappa shape index (κ2) is 7.91. The first-order chi connectivity index (χ1) is 14.3. The molecule has 1 N–H and O–H groups in total. The van der Waals surface area contributed by atoms with Crippen LogP contribution in [0.1, 0.15) is 31.7 Å². The summed E-state index contributed by atoms with van der Waals surface area (Å²) in [6.07, 6.45) is 3.27. The first-order valence-corrected chi connectivity index (χ1v) is 10.4.